The van der Waals surface area contributed by atoms with Gasteiger partial charge in [0.2, 0.25) is 0 Å². The van der Waals surface area contributed by atoms with Crippen LogP contribution in [0.1, 0.15) is 71.6 Å². The van der Waals surface area contributed by atoms with Crippen molar-refractivity contribution < 1.29 is 0 Å². The summed E-state index contributed by atoms with van der Waals surface area (Å²) >= 11 is 0. The van der Waals surface area contributed by atoms with Gasteiger partial charge in [-0.15, -0.1) is 0 Å². The number of nitrogens with one attached hydrogen (secondary N) is 1. The van der Waals surface area contributed by atoms with Gasteiger partial charge in [0.05, 0.1) is 0 Å². The second-order valence-electron chi connectivity index (χ2n) is 6.26. The second-order valence-corrected chi connectivity index (χ2v) is 6.26. The molecule has 0 atom stereocenters. The molecular weight excluding hydrogens is 232 g/mol. The molecule has 2 heteroatoms. The van der Waals surface area contributed by atoms with Gasteiger partial charge in [-0.05, 0) is 57.8 Å². The molecule has 114 valence electrons. The summed E-state index contributed by atoms with van der Waals surface area (Å²) in [5, 5.41) is 3.47. The summed E-state index contributed by atoms with van der Waals surface area (Å²) in [7, 11) is 0. The van der Waals surface area contributed by atoms with Crippen LogP contribution in [0.15, 0.2) is 0 Å². The van der Waals surface area contributed by atoms with E-state index in [2.05, 4.69) is 24.1 Å². The zero-order chi connectivity index (χ0) is 13.8. The molecule has 0 aromatic heterocycles. The van der Waals surface area contributed by atoms with Crippen molar-refractivity contribution in [2.45, 2.75) is 71.6 Å². The van der Waals surface area contributed by atoms with E-state index in [0.29, 0.717) is 0 Å². The second kappa shape index (κ2) is 11.7. The molecule has 0 spiro atoms. The van der Waals surface area contributed by atoms with Crippen molar-refractivity contribution >= 4 is 0 Å². The van der Waals surface area contributed by atoms with E-state index in [-0.39, 0.29) is 0 Å². The number of hydrogen-bond donors (Lipinski definition) is 1. The molecule has 0 amide bonds. The van der Waals surface area contributed by atoms with Gasteiger partial charge in [-0.1, -0.05) is 46.0 Å². The van der Waals surface area contributed by atoms with E-state index in [0.717, 1.165) is 5.92 Å². The van der Waals surface area contributed by atoms with Crippen LogP contribution in [0.3, 0.4) is 0 Å². The van der Waals surface area contributed by atoms with Crippen LogP contribution in [0, 0.1) is 5.92 Å². The average molecular weight is 268 g/mol. The minimum Gasteiger partial charge on any atom is -0.317 e. The van der Waals surface area contributed by atoms with E-state index in [4.69, 9.17) is 0 Å². The van der Waals surface area contributed by atoms with Crippen LogP contribution in [0.25, 0.3) is 0 Å². The number of rotatable bonds is 11. The molecule has 2 nitrogen and oxygen atoms in total. The van der Waals surface area contributed by atoms with Gasteiger partial charge in [0.25, 0.3) is 0 Å². The maximum absolute atomic E-state index is 3.47. The minimum absolute atomic E-state index is 0.952. The normalized spacial score (nSPS) is 17.2. The van der Waals surface area contributed by atoms with Crippen LogP contribution in [-0.2, 0) is 0 Å². The lowest BCUT2D eigenvalue weighted by Gasteiger charge is -2.30. The summed E-state index contributed by atoms with van der Waals surface area (Å²) in [6.07, 6.45) is 12.6. The minimum atomic E-state index is 0.952. The van der Waals surface area contributed by atoms with Crippen LogP contribution in [0.2, 0.25) is 0 Å². The van der Waals surface area contributed by atoms with Gasteiger partial charge in [-0.25, -0.2) is 0 Å². The van der Waals surface area contributed by atoms with Gasteiger partial charge < -0.3 is 10.2 Å². The Morgan fingerprint density at radius 3 is 2.21 bits per heavy atom. The molecule has 0 unspecified atom stereocenters. The predicted octanol–water partition coefficient (Wildman–Crippen LogP) is 4.06. The molecule has 0 radical (unpaired) electrons. The highest BCUT2D eigenvalue weighted by Gasteiger charge is 2.16. The summed E-state index contributed by atoms with van der Waals surface area (Å²) in [5.74, 6) is 0.952. The fourth-order valence-corrected chi connectivity index (χ4v) is 3.16. The van der Waals surface area contributed by atoms with Crippen LogP contribution in [0.5, 0.6) is 0 Å². The number of hydrogen-bond acceptors (Lipinski definition) is 2. The Morgan fingerprint density at radius 2 is 1.53 bits per heavy atom. The van der Waals surface area contributed by atoms with Crippen LogP contribution < -0.4 is 5.32 Å². The maximum atomic E-state index is 3.47. The van der Waals surface area contributed by atoms with E-state index in [9.17, 15) is 0 Å². The standard InChI is InChI=1S/C17H36N2/c1-3-5-6-7-8-9-15-19(14-4-2)16-17-10-12-18-13-11-17/h17-18H,3-16H2,1-2H3. The van der Waals surface area contributed by atoms with Crippen molar-refractivity contribution in [2.75, 3.05) is 32.7 Å². The first-order valence-electron chi connectivity index (χ1n) is 8.79. The fraction of sp³-hybridized carbons (Fsp3) is 1.00. The van der Waals surface area contributed by atoms with Crippen molar-refractivity contribution in [3.05, 3.63) is 0 Å². The molecule has 0 aromatic carbocycles. The lowest BCUT2D eigenvalue weighted by molar-refractivity contribution is 0.202. The van der Waals surface area contributed by atoms with E-state index >= 15 is 0 Å². The molecule has 1 aliphatic rings. The number of piperidine rings is 1. The van der Waals surface area contributed by atoms with E-state index in [1.807, 2.05) is 0 Å². The zero-order valence-electron chi connectivity index (χ0n) is 13.4. The van der Waals surface area contributed by atoms with E-state index in [1.54, 1.807) is 0 Å². The summed E-state index contributed by atoms with van der Waals surface area (Å²) in [5.41, 5.74) is 0. The summed E-state index contributed by atoms with van der Waals surface area (Å²) in [4.78, 5) is 2.73. The van der Waals surface area contributed by atoms with E-state index < -0.39 is 0 Å². The van der Waals surface area contributed by atoms with Crippen molar-refractivity contribution in [3.63, 3.8) is 0 Å². The summed E-state index contributed by atoms with van der Waals surface area (Å²) in [6.45, 7) is 11.1. The van der Waals surface area contributed by atoms with E-state index in [1.165, 1.54) is 90.5 Å². The molecule has 1 fully saturated rings. The largest absolute Gasteiger partial charge is 0.317 e. The van der Waals surface area contributed by atoms with Gasteiger partial charge in [-0.2, -0.15) is 0 Å². The third-order valence-corrected chi connectivity index (χ3v) is 4.34. The van der Waals surface area contributed by atoms with Crippen molar-refractivity contribution in [1.82, 2.24) is 10.2 Å². The Kier molecular flexibility index (Phi) is 10.5. The highest BCUT2D eigenvalue weighted by molar-refractivity contribution is 4.72. The summed E-state index contributed by atoms with van der Waals surface area (Å²) in [6, 6.07) is 0. The molecule has 0 aliphatic carbocycles. The Morgan fingerprint density at radius 1 is 0.842 bits per heavy atom. The molecule has 1 saturated heterocycles. The Labute approximate surface area is 121 Å². The van der Waals surface area contributed by atoms with Gasteiger partial charge in [0.1, 0.15) is 0 Å². The first-order valence-corrected chi connectivity index (χ1v) is 8.79. The van der Waals surface area contributed by atoms with Crippen LogP contribution >= 0.6 is 0 Å². The number of nitrogens with zero attached hydrogens (tertiary/aromatic N) is 1. The first kappa shape index (κ1) is 17.0. The van der Waals surface area contributed by atoms with Crippen molar-refractivity contribution in [3.8, 4) is 0 Å². The molecule has 0 saturated carbocycles. The zero-order valence-corrected chi connectivity index (χ0v) is 13.4. The maximum Gasteiger partial charge on any atom is 0.00106 e. The average Bonchev–Trinajstić information content (AvgIpc) is 2.44. The van der Waals surface area contributed by atoms with Gasteiger partial charge in [-0.3, -0.25) is 0 Å². The third kappa shape index (κ3) is 8.65. The van der Waals surface area contributed by atoms with Gasteiger partial charge in [0, 0.05) is 6.54 Å². The highest BCUT2D eigenvalue weighted by Crippen LogP contribution is 2.14. The smallest absolute Gasteiger partial charge is 0.00106 e. The van der Waals surface area contributed by atoms with Gasteiger partial charge in [0.15, 0.2) is 0 Å². The lowest BCUT2D eigenvalue weighted by Crippen LogP contribution is -2.37. The molecule has 1 aliphatic heterocycles. The predicted molar refractivity (Wildman–Crippen MR) is 85.7 cm³/mol. The quantitative estimate of drug-likeness (QED) is 0.569. The lowest BCUT2D eigenvalue weighted by atomic mass is 9.97. The molecule has 0 aromatic rings. The molecule has 0 bridgehead atoms. The van der Waals surface area contributed by atoms with Crippen molar-refractivity contribution in [2.24, 2.45) is 5.92 Å². The number of unbranched alkanes of at least 4 members (excludes halogenated alkanes) is 5. The topological polar surface area (TPSA) is 15.3 Å². The molecular formula is C17H36N2. The fourth-order valence-electron chi connectivity index (χ4n) is 3.16. The SMILES string of the molecule is CCCCCCCCN(CCC)CC1CCNCC1. The van der Waals surface area contributed by atoms with Crippen LogP contribution in [0.4, 0.5) is 0 Å². The molecule has 19 heavy (non-hydrogen) atoms. The Balaban J connectivity index is 2.09. The monoisotopic (exact) mass is 268 g/mol. The van der Waals surface area contributed by atoms with Crippen LogP contribution in [-0.4, -0.2) is 37.6 Å². The molecule has 1 N–H and O–H groups in total. The first-order chi connectivity index (χ1) is 9.36. The molecule has 1 heterocycles. The van der Waals surface area contributed by atoms with Crippen molar-refractivity contribution in [1.29, 1.82) is 0 Å². The Hall–Kier alpha value is -0.0800. The third-order valence-electron chi connectivity index (χ3n) is 4.34. The highest BCUT2D eigenvalue weighted by atomic mass is 15.1. The Bertz CT molecular complexity index is 188. The summed E-state index contributed by atoms with van der Waals surface area (Å²) < 4.78 is 0. The molecule has 1 rings (SSSR count). The van der Waals surface area contributed by atoms with Gasteiger partial charge >= 0.3 is 0 Å².